The summed E-state index contributed by atoms with van der Waals surface area (Å²) in [5.41, 5.74) is 1.37. The van der Waals surface area contributed by atoms with Crippen molar-refractivity contribution in [2.24, 2.45) is 0 Å². The van der Waals surface area contributed by atoms with Gasteiger partial charge in [-0.05, 0) is 35.4 Å². The molecule has 0 spiro atoms. The summed E-state index contributed by atoms with van der Waals surface area (Å²) < 4.78 is 24.0. The molecule has 2 nitrogen and oxygen atoms in total. The van der Waals surface area contributed by atoms with Gasteiger partial charge in [0.1, 0.15) is 0 Å². The third-order valence-electron chi connectivity index (χ3n) is 2.64. The van der Waals surface area contributed by atoms with Crippen molar-refractivity contribution in [1.29, 1.82) is 0 Å². The Hall–Kier alpha value is -1.29. The molecule has 0 aliphatic heterocycles. The molecule has 0 saturated heterocycles. The van der Waals surface area contributed by atoms with Crippen LogP contribution in [0.4, 0.5) is 0 Å². The summed E-state index contributed by atoms with van der Waals surface area (Å²) in [4.78, 5) is 0. The Morgan fingerprint density at radius 3 is 2.25 bits per heavy atom. The largest absolute Gasteiger partial charge is 0.224 e. The normalized spacial score (nSPS) is 11.9. The molecule has 0 heterocycles. The molecule has 2 aromatic rings. The second-order valence-corrected chi connectivity index (χ2v) is 6.99. The van der Waals surface area contributed by atoms with Crippen LogP contribution in [0.1, 0.15) is 11.1 Å². The SMILES string of the molecule is O=S(=O)(/C=C/c1ccccc1Cl)Cc1ccc(Cl)cc1. The maximum atomic E-state index is 12.0. The maximum Gasteiger partial charge on any atom is 0.175 e. The summed E-state index contributed by atoms with van der Waals surface area (Å²) in [6, 6.07) is 13.8. The molecule has 0 aliphatic rings. The average molecular weight is 327 g/mol. The Balaban J connectivity index is 2.15. The second kappa shape index (κ2) is 6.44. The highest BCUT2D eigenvalue weighted by Crippen LogP contribution is 2.18. The number of hydrogen-bond donors (Lipinski definition) is 0. The second-order valence-electron chi connectivity index (χ2n) is 4.26. The van der Waals surface area contributed by atoms with Gasteiger partial charge in [-0.15, -0.1) is 0 Å². The van der Waals surface area contributed by atoms with Crippen molar-refractivity contribution in [3.8, 4) is 0 Å². The fourth-order valence-electron chi connectivity index (χ4n) is 1.65. The van der Waals surface area contributed by atoms with Gasteiger partial charge in [0.25, 0.3) is 0 Å². The van der Waals surface area contributed by atoms with Gasteiger partial charge in [-0.3, -0.25) is 0 Å². The molecule has 0 atom stereocenters. The van der Waals surface area contributed by atoms with E-state index >= 15 is 0 Å². The summed E-state index contributed by atoms with van der Waals surface area (Å²) in [6.07, 6.45) is 1.51. The molecule has 104 valence electrons. The van der Waals surface area contributed by atoms with Gasteiger partial charge in [0.05, 0.1) is 5.75 Å². The maximum absolute atomic E-state index is 12.0. The quantitative estimate of drug-likeness (QED) is 0.824. The Morgan fingerprint density at radius 2 is 1.60 bits per heavy atom. The molecule has 0 radical (unpaired) electrons. The summed E-state index contributed by atoms with van der Waals surface area (Å²) in [6.45, 7) is 0. The van der Waals surface area contributed by atoms with Crippen LogP contribution >= 0.6 is 23.2 Å². The molecule has 0 saturated carbocycles. The lowest BCUT2D eigenvalue weighted by molar-refractivity contribution is 0.604. The number of sulfone groups is 1. The lowest BCUT2D eigenvalue weighted by atomic mass is 10.2. The van der Waals surface area contributed by atoms with Crippen molar-refractivity contribution in [2.45, 2.75) is 5.75 Å². The summed E-state index contributed by atoms with van der Waals surface area (Å²) in [5, 5.41) is 2.28. The highest BCUT2D eigenvalue weighted by Gasteiger charge is 2.08. The standard InChI is InChI=1S/C15H12Cl2O2S/c16-14-7-5-12(6-8-14)11-20(18,19)10-9-13-3-1-2-4-15(13)17/h1-10H,11H2/b10-9+. The van der Waals surface area contributed by atoms with Gasteiger partial charge in [-0.2, -0.15) is 0 Å². The Kier molecular flexibility index (Phi) is 4.86. The van der Waals surface area contributed by atoms with E-state index in [0.29, 0.717) is 21.2 Å². The molecule has 0 fully saturated rings. The molecule has 2 aromatic carbocycles. The zero-order valence-corrected chi connectivity index (χ0v) is 12.8. The minimum atomic E-state index is -3.34. The third-order valence-corrected chi connectivity index (χ3v) is 4.52. The van der Waals surface area contributed by atoms with E-state index in [2.05, 4.69) is 0 Å². The van der Waals surface area contributed by atoms with Crippen molar-refractivity contribution in [3.05, 3.63) is 75.1 Å². The molecular weight excluding hydrogens is 315 g/mol. The van der Waals surface area contributed by atoms with E-state index in [-0.39, 0.29) is 5.75 Å². The molecule has 0 unspecified atom stereocenters. The highest BCUT2D eigenvalue weighted by atomic mass is 35.5. The molecule has 0 amide bonds. The Bertz CT molecular complexity index is 720. The van der Waals surface area contributed by atoms with Crippen LogP contribution in [0.3, 0.4) is 0 Å². The number of benzene rings is 2. The number of rotatable bonds is 4. The van der Waals surface area contributed by atoms with Gasteiger partial charge in [0.15, 0.2) is 9.84 Å². The van der Waals surface area contributed by atoms with Gasteiger partial charge in [0.2, 0.25) is 0 Å². The smallest absolute Gasteiger partial charge is 0.175 e. The first kappa shape index (κ1) is 15.1. The third kappa shape index (κ3) is 4.37. The number of halogens is 2. The lowest BCUT2D eigenvalue weighted by Crippen LogP contribution is -1.99. The van der Waals surface area contributed by atoms with Crippen LogP contribution in [-0.4, -0.2) is 8.42 Å². The molecule has 0 aliphatic carbocycles. The van der Waals surface area contributed by atoms with Crippen LogP contribution in [-0.2, 0) is 15.6 Å². The fraction of sp³-hybridized carbons (Fsp3) is 0.0667. The Labute approximate surface area is 128 Å². The minimum absolute atomic E-state index is 0.0644. The van der Waals surface area contributed by atoms with E-state index in [1.807, 2.05) is 0 Å². The van der Waals surface area contributed by atoms with Gasteiger partial charge >= 0.3 is 0 Å². The van der Waals surface area contributed by atoms with Crippen molar-refractivity contribution < 1.29 is 8.42 Å². The van der Waals surface area contributed by atoms with E-state index in [9.17, 15) is 8.42 Å². The van der Waals surface area contributed by atoms with Crippen LogP contribution in [0, 0.1) is 0 Å². The van der Waals surface area contributed by atoms with Crippen molar-refractivity contribution in [2.75, 3.05) is 0 Å². The van der Waals surface area contributed by atoms with E-state index in [0.717, 1.165) is 0 Å². The number of hydrogen-bond acceptors (Lipinski definition) is 2. The zero-order chi connectivity index (χ0) is 14.6. The Morgan fingerprint density at radius 1 is 0.950 bits per heavy atom. The highest BCUT2D eigenvalue weighted by molar-refractivity contribution is 7.93. The molecule has 5 heteroatoms. The topological polar surface area (TPSA) is 34.1 Å². The van der Waals surface area contributed by atoms with E-state index in [1.54, 1.807) is 48.5 Å². The van der Waals surface area contributed by atoms with Gasteiger partial charge in [0, 0.05) is 15.5 Å². The molecular formula is C15H12Cl2O2S. The molecule has 20 heavy (non-hydrogen) atoms. The van der Waals surface area contributed by atoms with Crippen LogP contribution in [0.2, 0.25) is 10.0 Å². The van der Waals surface area contributed by atoms with Gasteiger partial charge in [-0.1, -0.05) is 53.5 Å². The van der Waals surface area contributed by atoms with E-state index in [1.165, 1.54) is 11.5 Å². The first-order chi connectivity index (χ1) is 9.46. The monoisotopic (exact) mass is 326 g/mol. The first-order valence-electron chi connectivity index (χ1n) is 5.86. The van der Waals surface area contributed by atoms with Crippen LogP contribution in [0.5, 0.6) is 0 Å². The molecule has 2 rings (SSSR count). The van der Waals surface area contributed by atoms with Crippen molar-refractivity contribution in [3.63, 3.8) is 0 Å². The van der Waals surface area contributed by atoms with Crippen LogP contribution in [0.15, 0.2) is 53.9 Å². The van der Waals surface area contributed by atoms with E-state index < -0.39 is 9.84 Å². The fourth-order valence-corrected chi connectivity index (χ4v) is 3.08. The van der Waals surface area contributed by atoms with E-state index in [4.69, 9.17) is 23.2 Å². The predicted octanol–water partition coefficient (Wildman–Crippen LogP) is 4.58. The summed E-state index contributed by atoms with van der Waals surface area (Å²) in [5.74, 6) is -0.0644. The van der Waals surface area contributed by atoms with Crippen molar-refractivity contribution in [1.82, 2.24) is 0 Å². The minimum Gasteiger partial charge on any atom is -0.224 e. The van der Waals surface area contributed by atoms with Crippen molar-refractivity contribution >= 4 is 39.1 Å². The predicted molar refractivity (Wildman–Crippen MR) is 84.6 cm³/mol. The van der Waals surface area contributed by atoms with Crippen LogP contribution < -0.4 is 0 Å². The van der Waals surface area contributed by atoms with Crippen LogP contribution in [0.25, 0.3) is 6.08 Å². The summed E-state index contributed by atoms with van der Waals surface area (Å²) >= 11 is 11.7. The molecule has 0 bridgehead atoms. The average Bonchev–Trinajstić information content (AvgIpc) is 2.40. The first-order valence-corrected chi connectivity index (χ1v) is 8.33. The zero-order valence-electron chi connectivity index (χ0n) is 10.5. The summed E-state index contributed by atoms with van der Waals surface area (Å²) in [7, 11) is -3.34. The lowest BCUT2D eigenvalue weighted by Gasteiger charge is -2.01. The molecule has 0 N–H and O–H groups in total. The van der Waals surface area contributed by atoms with Gasteiger partial charge in [-0.25, -0.2) is 8.42 Å². The van der Waals surface area contributed by atoms with Gasteiger partial charge < -0.3 is 0 Å². The molecule has 0 aromatic heterocycles.